The second-order valence-corrected chi connectivity index (χ2v) is 7.92. The highest BCUT2D eigenvalue weighted by atomic mass is 19.2. The number of ketones is 1. The SMILES string of the molecule is COc1c([C@@H]2[C@@H](C(=O)Nc3ccnc(C(C)=O)c3)OC(C)(C)[C@H]2C)ccc(F)c1F. The van der Waals surface area contributed by atoms with E-state index < -0.39 is 35.2 Å². The van der Waals surface area contributed by atoms with Gasteiger partial charge in [0.05, 0.1) is 12.7 Å². The lowest BCUT2D eigenvalue weighted by atomic mass is 9.78. The molecule has 8 heteroatoms. The van der Waals surface area contributed by atoms with Gasteiger partial charge in [0, 0.05) is 30.3 Å². The van der Waals surface area contributed by atoms with Crippen LogP contribution < -0.4 is 10.1 Å². The highest BCUT2D eigenvalue weighted by molar-refractivity contribution is 5.97. The van der Waals surface area contributed by atoms with Crippen LogP contribution in [0.15, 0.2) is 30.5 Å². The Bertz CT molecular complexity index is 993. The summed E-state index contributed by atoms with van der Waals surface area (Å²) in [7, 11) is 1.25. The molecule has 0 unspecified atom stereocenters. The second-order valence-electron chi connectivity index (χ2n) is 7.92. The molecular formula is C22H24F2N2O4. The number of Topliss-reactive ketones (excluding diaryl/α,β-unsaturated/α-hetero) is 1. The maximum Gasteiger partial charge on any atom is 0.254 e. The van der Waals surface area contributed by atoms with Crippen molar-refractivity contribution < 1.29 is 27.8 Å². The summed E-state index contributed by atoms with van der Waals surface area (Å²) < 4.78 is 39.2. The number of hydrogen-bond acceptors (Lipinski definition) is 5. The van der Waals surface area contributed by atoms with Crippen LogP contribution in [-0.2, 0) is 9.53 Å². The fourth-order valence-corrected chi connectivity index (χ4v) is 3.78. The highest BCUT2D eigenvalue weighted by Gasteiger charge is 2.51. The van der Waals surface area contributed by atoms with Gasteiger partial charge in [0.15, 0.2) is 17.3 Å². The Morgan fingerprint density at radius 1 is 1.23 bits per heavy atom. The zero-order chi connectivity index (χ0) is 22.2. The molecule has 1 N–H and O–H groups in total. The lowest BCUT2D eigenvalue weighted by Crippen LogP contribution is -2.33. The van der Waals surface area contributed by atoms with Crippen LogP contribution in [0.25, 0.3) is 0 Å². The van der Waals surface area contributed by atoms with Crippen molar-refractivity contribution in [3.63, 3.8) is 0 Å². The van der Waals surface area contributed by atoms with Crippen LogP contribution in [0, 0.1) is 17.6 Å². The maximum atomic E-state index is 14.4. The average Bonchev–Trinajstić information content (AvgIpc) is 2.93. The summed E-state index contributed by atoms with van der Waals surface area (Å²) in [6.45, 7) is 6.94. The molecular weight excluding hydrogens is 394 g/mol. The molecule has 30 heavy (non-hydrogen) atoms. The van der Waals surface area contributed by atoms with E-state index in [0.717, 1.165) is 6.07 Å². The Balaban J connectivity index is 1.98. The van der Waals surface area contributed by atoms with Crippen molar-refractivity contribution >= 4 is 17.4 Å². The molecule has 0 spiro atoms. The maximum absolute atomic E-state index is 14.4. The fourth-order valence-electron chi connectivity index (χ4n) is 3.78. The Labute approximate surface area is 173 Å². The molecule has 2 aromatic rings. The zero-order valence-corrected chi connectivity index (χ0v) is 17.5. The van der Waals surface area contributed by atoms with Crippen LogP contribution >= 0.6 is 0 Å². The topological polar surface area (TPSA) is 77.5 Å². The van der Waals surface area contributed by atoms with E-state index in [0.29, 0.717) is 11.3 Å². The number of carbonyl (C=O) groups excluding carboxylic acids is 2. The first-order valence-corrected chi connectivity index (χ1v) is 9.54. The van der Waals surface area contributed by atoms with Gasteiger partial charge in [-0.15, -0.1) is 0 Å². The van der Waals surface area contributed by atoms with E-state index in [1.807, 2.05) is 20.8 Å². The van der Waals surface area contributed by atoms with Crippen molar-refractivity contribution in [1.29, 1.82) is 0 Å². The van der Waals surface area contributed by atoms with Crippen LogP contribution in [0.5, 0.6) is 5.75 Å². The quantitative estimate of drug-likeness (QED) is 0.740. The van der Waals surface area contributed by atoms with Crippen molar-refractivity contribution in [2.24, 2.45) is 5.92 Å². The fraction of sp³-hybridized carbons (Fsp3) is 0.409. The Morgan fingerprint density at radius 3 is 2.57 bits per heavy atom. The number of ether oxygens (including phenoxy) is 2. The summed E-state index contributed by atoms with van der Waals surface area (Å²) in [4.78, 5) is 28.6. The number of pyridine rings is 1. The largest absolute Gasteiger partial charge is 0.493 e. The molecule has 2 heterocycles. The number of amides is 1. The summed E-state index contributed by atoms with van der Waals surface area (Å²) >= 11 is 0. The van der Waals surface area contributed by atoms with Crippen molar-refractivity contribution in [2.75, 3.05) is 12.4 Å². The lowest BCUT2D eigenvalue weighted by molar-refractivity contribution is -0.131. The van der Waals surface area contributed by atoms with E-state index in [4.69, 9.17) is 9.47 Å². The number of aromatic nitrogens is 1. The van der Waals surface area contributed by atoms with Gasteiger partial charge in [-0.25, -0.2) is 4.39 Å². The summed E-state index contributed by atoms with van der Waals surface area (Å²) in [6, 6.07) is 5.46. The summed E-state index contributed by atoms with van der Waals surface area (Å²) in [5.74, 6) is -3.88. The first kappa shape index (κ1) is 21.8. The molecule has 0 saturated carbocycles. The molecule has 1 saturated heterocycles. The highest BCUT2D eigenvalue weighted by Crippen LogP contribution is 2.49. The number of nitrogens with zero attached hydrogens (tertiary/aromatic N) is 1. The van der Waals surface area contributed by atoms with Crippen molar-refractivity contribution in [3.05, 3.63) is 53.4 Å². The molecule has 0 aliphatic carbocycles. The Hall–Kier alpha value is -2.87. The molecule has 0 radical (unpaired) electrons. The third kappa shape index (κ3) is 3.92. The first-order valence-electron chi connectivity index (χ1n) is 9.54. The van der Waals surface area contributed by atoms with Crippen molar-refractivity contribution in [3.8, 4) is 5.75 Å². The number of benzene rings is 1. The summed E-state index contributed by atoms with van der Waals surface area (Å²) in [6.07, 6.45) is 0.437. The zero-order valence-electron chi connectivity index (χ0n) is 17.5. The van der Waals surface area contributed by atoms with E-state index >= 15 is 0 Å². The van der Waals surface area contributed by atoms with E-state index in [1.54, 1.807) is 6.07 Å². The number of methoxy groups -OCH3 is 1. The molecule has 1 amide bonds. The molecule has 3 atom stereocenters. The smallest absolute Gasteiger partial charge is 0.254 e. The van der Waals surface area contributed by atoms with Gasteiger partial charge < -0.3 is 14.8 Å². The minimum Gasteiger partial charge on any atom is -0.493 e. The normalized spacial score (nSPS) is 22.6. The number of halogens is 2. The number of carbonyl (C=O) groups is 2. The third-order valence-corrected chi connectivity index (χ3v) is 5.68. The predicted molar refractivity (Wildman–Crippen MR) is 107 cm³/mol. The minimum atomic E-state index is -1.11. The van der Waals surface area contributed by atoms with E-state index in [-0.39, 0.29) is 23.1 Å². The molecule has 6 nitrogen and oxygen atoms in total. The second kappa shape index (κ2) is 8.10. The Morgan fingerprint density at radius 2 is 1.93 bits per heavy atom. The van der Waals surface area contributed by atoms with Crippen LogP contribution in [0.1, 0.15) is 49.7 Å². The van der Waals surface area contributed by atoms with Gasteiger partial charge >= 0.3 is 0 Å². The molecule has 1 aliphatic heterocycles. The van der Waals surface area contributed by atoms with Crippen molar-refractivity contribution in [2.45, 2.75) is 45.3 Å². The molecule has 1 aromatic carbocycles. The monoisotopic (exact) mass is 418 g/mol. The molecule has 0 bridgehead atoms. The van der Waals surface area contributed by atoms with Crippen LogP contribution in [0.3, 0.4) is 0 Å². The van der Waals surface area contributed by atoms with Crippen molar-refractivity contribution in [1.82, 2.24) is 4.98 Å². The molecule has 1 fully saturated rings. The van der Waals surface area contributed by atoms with Gasteiger partial charge in [-0.05, 0) is 38.0 Å². The van der Waals surface area contributed by atoms with E-state index in [2.05, 4.69) is 10.3 Å². The molecule has 160 valence electrons. The van der Waals surface area contributed by atoms with Gasteiger partial charge in [-0.1, -0.05) is 13.0 Å². The van der Waals surface area contributed by atoms with Crippen LogP contribution in [-0.4, -0.2) is 35.5 Å². The van der Waals surface area contributed by atoms with E-state index in [1.165, 1.54) is 32.4 Å². The van der Waals surface area contributed by atoms with Gasteiger partial charge in [-0.2, -0.15) is 4.39 Å². The summed E-state index contributed by atoms with van der Waals surface area (Å²) in [5, 5.41) is 2.74. The molecule has 3 rings (SSSR count). The molecule has 1 aliphatic rings. The predicted octanol–water partition coefficient (Wildman–Crippen LogP) is 4.11. The summed E-state index contributed by atoms with van der Waals surface area (Å²) in [5.41, 5.74) is 0.254. The minimum absolute atomic E-state index is 0.211. The number of anilines is 1. The van der Waals surface area contributed by atoms with Gasteiger partial charge in [0.2, 0.25) is 5.82 Å². The van der Waals surface area contributed by atoms with Gasteiger partial charge in [0.1, 0.15) is 11.8 Å². The third-order valence-electron chi connectivity index (χ3n) is 5.68. The van der Waals surface area contributed by atoms with Crippen LogP contribution in [0.4, 0.5) is 14.5 Å². The number of rotatable bonds is 5. The number of hydrogen-bond donors (Lipinski definition) is 1. The van der Waals surface area contributed by atoms with Crippen LogP contribution in [0.2, 0.25) is 0 Å². The number of nitrogens with one attached hydrogen (secondary N) is 1. The Kier molecular flexibility index (Phi) is 5.90. The standard InChI is InChI=1S/C22H24F2N2O4/c1-11-17(14-6-7-15(23)18(24)19(14)29-5)20(30-22(11,3)4)21(28)26-13-8-9-25-16(10-13)12(2)27/h6-11,17,20H,1-5H3,(H,25,26,28)/t11-,17+,20-/m0/s1. The van der Waals surface area contributed by atoms with E-state index in [9.17, 15) is 18.4 Å². The molecule has 1 aromatic heterocycles. The van der Waals surface area contributed by atoms with Gasteiger partial charge in [0.25, 0.3) is 5.91 Å². The average molecular weight is 418 g/mol. The van der Waals surface area contributed by atoms with Gasteiger partial charge in [-0.3, -0.25) is 14.6 Å². The first-order chi connectivity index (χ1) is 14.1. The lowest BCUT2D eigenvalue weighted by Gasteiger charge is -2.25.